The van der Waals surface area contributed by atoms with Gasteiger partial charge in [0.2, 0.25) is 0 Å². The standard InChI is InChI=1S/C20H24N6O.CH2O2/c1-4-24-13-16(12-21-24)20(27)25-10-11-26-19(17(25)14(2)3)22-18(23-26)15-8-6-5-7-9-15;2-1-3/h5-9,12-14,17H,4,10-11H2,1-3H3;1H,(H,2,3)/t17-;/m0./s1. The van der Waals surface area contributed by atoms with Gasteiger partial charge in [-0.25, -0.2) is 9.67 Å². The Morgan fingerprint density at radius 1 is 1.27 bits per heavy atom. The molecule has 4 rings (SSSR count). The van der Waals surface area contributed by atoms with Crippen LogP contribution in [-0.2, 0) is 17.9 Å². The maximum atomic E-state index is 13.1. The van der Waals surface area contributed by atoms with E-state index in [0.717, 1.165) is 17.9 Å². The van der Waals surface area contributed by atoms with Crippen LogP contribution in [0.15, 0.2) is 42.7 Å². The molecule has 0 bridgehead atoms. The third-order valence-electron chi connectivity index (χ3n) is 4.98. The van der Waals surface area contributed by atoms with Crippen LogP contribution in [0.1, 0.15) is 43.0 Å². The molecule has 0 aliphatic carbocycles. The summed E-state index contributed by atoms with van der Waals surface area (Å²) >= 11 is 0. The Balaban J connectivity index is 0.000000806. The minimum absolute atomic E-state index is 0.00362. The van der Waals surface area contributed by atoms with Crippen molar-refractivity contribution in [3.8, 4) is 11.4 Å². The van der Waals surface area contributed by atoms with Crippen LogP contribution < -0.4 is 0 Å². The average Bonchev–Trinajstić information content (AvgIpc) is 3.40. The molecule has 1 N–H and O–H groups in total. The number of hydrogen-bond donors (Lipinski definition) is 1. The van der Waals surface area contributed by atoms with Crippen LogP contribution in [0.5, 0.6) is 0 Å². The maximum Gasteiger partial charge on any atom is 0.290 e. The summed E-state index contributed by atoms with van der Waals surface area (Å²) in [5.41, 5.74) is 1.61. The zero-order chi connectivity index (χ0) is 21.7. The van der Waals surface area contributed by atoms with Gasteiger partial charge in [0, 0.05) is 24.8 Å². The van der Waals surface area contributed by atoms with Crippen molar-refractivity contribution in [1.29, 1.82) is 0 Å². The van der Waals surface area contributed by atoms with E-state index in [0.29, 0.717) is 24.5 Å². The molecule has 158 valence electrons. The Bertz CT molecular complexity index is 995. The third-order valence-corrected chi connectivity index (χ3v) is 4.98. The van der Waals surface area contributed by atoms with Crippen LogP contribution in [0.2, 0.25) is 0 Å². The van der Waals surface area contributed by atoms with Crippen molar-refractivity contribution in [3.05, 3.63) is 54.1 Å². The van der Waals surface area contributed by atoms with Crippen LogP contribution in [0.3, 0.4) is 0 Å². The van der Waals surface area contributed by atoms with Gasteiger partial charge in [-0.15, -0.1) is 0 Å². The highest BCUT2D eigenvalue weighted by molar-refractivity contribution is 5.94. The van der Waals surface area contributed by atoms with E-state index in [9.17, 15) is 4.79 Å². The molecule has 9 heteroatoms. The topological polar surface area (TPSA) is 106 Å². The van der Waals surface area contributed by atoms with E-state index in [1.165, 1.54) is 0 Å². The van der Waals surface area contributed by atoms with Crippen molar-refractivity contribution < 1.29 is 14.7 Å². The molecule has 0 fully saturated rings. The van der Waals surface area contributed by atoms with Crippen LogP contribution in [0.25, 0.3) is 11.4 Å². The van der Waals surface area contributed by atoms with Crippen LogP contribution in [0.4, 0.5) is 0 Å². The van der Waals surface area contributed by atoms with Crippen molar-refractivity contribution in [3.63, 3.8) is 0 Å². The van der Waals surface area contributed by atoms with Crippen LogP contribution in [0, 0.1) is 5.92 Å². The second-order valence-electron chi connectivity index (χ2n) is 7.26. The zero-order valence-electron chi connectivity index (χ0n) is 17.3. The molecular formula is C21H26N6O3. The SMILES string of the molecule is CCn1cc(C(=O)N2CCn3nc(-c4ccccc4)nc3[C@@H]2C(C)C)cn1.O=CO. The summed E-state index contributed by atoms with van der Waals surface area (Å²) < 4.78 is 3.73. The number of aryl methyl sites for hydroxylation is 1. The molecule has 9 nitrogen and oxygen atoms in total. The zero-order valence-corrected chi connectivity index (χ0v) is 17.3. The summed E-state index contributed by atoms with van der Waals surface area (Å²) in [6, 6.07) is 9.85. The van der Waals surface area contributed by atoms with E-state index < -0.39 is 0 Å². The second kappa shape index (κ2) is 9.34. The first kappa shape index (κ1) is 21.2. The lowest BCUT2D eigenvalue weighted by Gasteiger charge is -2.37. The second-order valence-corrected chi connectivity index (χ2v) is 7.26. The predicted molar refractivity (Wildman–Crippen MR) is 111 cm³/mol. The number of carbonyl (C=O) groups is 2. The molecule has 0 unspecified atom stereocenters. The Morgan fingerprint density at radius 2 is 1.97 bits per heavy atom. The summed E-state index contributed by atoms with van der Waals surface area (Å²) in [4.78, 5) is 28.2. The van der Waals surface area contributed by atoms with E-state index in [-0.39, 0.29) is 24.3 Å². The van der Waals surface area contributed by atoms with E-state index in [4.69, 9.17) is 14.9 Å². The van der Waals surface area contributed by atoms with Crippen LogP contribution >= 0.6 is 0 Å². The van der Waals surface area contributed by atoms with Crippen molar-refractivity contribution >= 4 is 12.4 Å². The summed E-state index contributed by atoms with van der Waals surface area (Å²) in [7, 11) is 0. The molecule has 1 atom stereocenters. The number of fused-ring (bicyclic) bond motifs is 1. The molecule has 0 saturated heterocycles. The Hall–Kier alpha value is -3.49. The van der Waals surface area contributed by atoms with Gasteiger partial charge in [0.15, 0.2) is 11.6 Å². The minimum Gasteiger partial charge on any atom is -0.483 e. The summed E-state index contributed by atoms with van der Waals surface area (Å²) in [5.74, 6) is 1.79. The van der Waals surface area contributed by atoms with Gasteiger partial charge in [-0.2, -0.15) is 10.2 Å². The molecule has 1 aliphatic heterocycles. The molecule has 0 spiro atoms. The average molecular weight is 410 g/mol. The number of carbonyl (C=O) groups excluding carboxylic acids is 1. The van der Waals surface area contributed by atoms with Gasteiger partial charge in [0.05, 0.1) is 24.3 Å². The quantitative estimate of drug-likeness (QED) is 0.663. The fraction of sp³-hybridized carbons (Fsp3) is 0.381. The van der Waals surface area contributed by atoms with Crippen molar-refractivity contribution in [2.75, 3.05) is 6.54 Å². The van der Waals surface area contributed by atoms with E-state index in [1.807, 2.05) is 53.0 Å². The lowest BCUT2D eigenvalue weighted by molar-refractivity contribution is -0.122. The van der Waals surface area contributed by atoms with Crippen LogP contribution in [-0.4, -0.2) is 53.5 Å². The summed E-state index contributed by atoms with van der Waals surface area (Å²) in [5, 5.41) is 15.8. The number of carboxylic acid groups (broad SMARTS) is 1. The van der Waals surface area contributed by atoms with Gasteiger partial charge in [0.25, 0.3) is 12.4 Å². The molecular weight excluding hydrogens is 384 g/mol. The first-order chi connectivity index (χ1) is 14.5. The number of aromatic nitrogens is 5. The van der Waals surface area contributed by atoms with Gasteiger partial charge in [-0.1, -0.05) is 44.2 Å². The highest BCUT2D eigenvalue weighted by Crippen LogP contribution is 2.33. The molecule has 2 aromatic heterocycles. The largest absolute Gasteiger partial charge is 0.483 e. The first-order valence-corrected chi connectivity index (χ1v) is 9.91. The van der Waals surface area contributed by atoms with Gasteiger partial charge >= 0.3 is 0 Å². The lowest BCUT2D eigenvalue weighted by atomic mass is 9.99. The first-order valence-electron chi connectivity index (χ1n) is 9.91. The normalized spacial score (nSPS) is 15.3. The predicted octanol–water partition coefficient (Wildman–Crippen LogP) is 2.72. The fourth-order valence-corrected chi connectivity index (χ4v) is 3.63. The molecule has 3 heterocycles. The molecule has 0 saturated carbocycles. The minimum atomic E-state index is -0.250. The van der Waals surface area contributed by atoms with Crippen molar-refractivity contribution in [1.82, 2.24) is 29.4 Å². The Kier molecular flexibility index (Phi) is 6.61. The number of rotatable bonds is 4. The van der Waals surface area contributed by atoms with Crippen molar-refractivity contribution in [2.24, 2.45) is 5.92 Å². The van der Waals surface area contributed by atoms with Gasteiger partial charge in [0.1, 0.15) is 0 Å². The summed E-state index contributed by atoms with van der Waals surface area (Å²) in [6.07, 6.45) is 3.46. The fourth-order valence-electron chi connectivity index (χ4n) is 3.63. The van der Waals surface area contributed by atoms with Crippen molar-refractivity contribution in [2.45, 2.75) is 39.9 Å². The van der Waals surface area contributed by atoms with Gasteiger partial charge in [-0.05, 0) is 12.8 Å². The van der Waals surface area contributed by atoms with E-state index in [2.05, 4.69) is 24.0 Å². The number of nitrogens with zero attached hydrogens (tertiary/aromatic N) is 6. The smallest absolute Gasteiger partial charge is 0.290 e. The maximum absolute atomic E-state index is 13.1. The Labute approximate surface area is 175 Å². The highest BCUT2D eigenvalue weighted by Gasteiger charge is 2.36. The summed E-state index contributed by atoms with van der Waals surface area (Å²) in [6.45, 7) is 8.00. The molecule has 3 aromatic rings. The molecule has 1 aromatic carbocycles. The molecule has 1 aliphatic rings. The highest BCUT2D eigenvalue weighted by atomic mass is 16.3. The van der Waals surface area contributed by atoms with Gasteiger partial charge < -0.3 is 10.0 Å². The Morgan fingerprint density at radius 3 is 2.57 bits per heavy atom. The monoisotopic (exact) mass is 410 g/mol. The van der Waals surface area contributed by atoms with E-state index in [1.54, 1.807) is 10.9 Å². The molecule has 30 heavy (non-hydrogen) atoms. The molecule has 0 radical (unpaired) electrons. The number of amides is 1. The van der Waals surface area contributed by atoms with Gasteiger partial charge in [-0.3, -0.25) is 14.3 Å². The number of hydrogen-bond acceptors (Lipinski definition) is 5. The van der Waals surface area contributed by atoms with E-state index >= 15 is 0 Å². The third kappa shape index (κ3) is 4.24. The lowest BCUT2D eigenvalue weighted by Crippen LogP contribution is -2.44. The molecule has 1 amide bonds. The number of benzene rings is 1.